The van der Waals surface area contributed by atoms with Gasteiger partial charge in [-0.05, 0) is 86.0 Å². The predicted molar refractivity (Wildman–Crippen MR) is 199 cm³/mol. The van der Waals surface area contributed by atoms with E-state index >= 15 is 0 Å². The van der Waals surface area contributed by atoms with Gasteiger partial charge in [0.1, 0.15) is 0 Å². The molecule has 1 spiro atoms. The molecule has 10 rings (SSSR count). The van der Waals surface area contributed by atoms with Crippen molar-refractivity contribution in [2.75, 3.05) is 16.8 Å². The van der Waals surface area contributed by atoms with Gasteiger partial charge in [0.25, 0.3) is 0 Å². The van der Waals surface area contributed by atoms with Gasteiger partial charge in [0.2, 0.25) is 0 Å². The molecule has 0 atom stereocenters. The molecule has 0 saturated carbocycles. The lowest BCUT2D eigenvalue weighted by Crippen LogP contribution is -2.26. The Morgan fingerprint density at radius 3 is 1.71 bits per heavy atom. The summed E-state index contributed by atoms with van der Waals surface area (Å²) in [6.45, 7) is 0.795. The zero-order valence-corrected chi connectivity index (χ0v) is 26.9. The lowest BCUT2D eigenvalue weighted by Gasteiger charge is -2.34. The quantitative estimate of drug-likeness (QED) is 0.195. The molecule has 0 bridgehead atoms. The maximum atomic E-state index is 2.44. The normalized spacial score (nSPS) is 14.1. The second-order valence-electron chi connectivity index (χ2n) is 13.4. The summed E-state index contributed by atoms with van der Waals surface area (Å²) in [7, 11) is 2.25. The minimum Gasteiger partial charge on any atom is -0.370 e. The van der Waals surface area contributed by atoms with Crippen LogP contribution in [-0.2, 0) is 18.4 Å². The van der Waals surface area contributed by atoms with Gasteiger partial charge in [-0.25, -0.2) is 0 Å². The molecule has 2 aliphatic carbocycles. The molecule has 1 heterocycles. The van der Waals surface area contributed by atoms with Crippen LogP contribution < -0.4 is 9.80 Å². The van der Waals surface area contributed by atoms with Crippen LogP contribution in [0.5, 0.6) is 0 Å². The van der Waals surface area contributed by atoms with Crippen molar-refractivity contribution in [1.82, 2.24) is 0 Å². The molecular weight excluding hydrogens is 581 g/mol. The smallest absolute Gasteiger partial charge is 0.0726 e. The van der Waals surface area contributed by atoms with Gasteiger partial charge in [-0.1, -0.05) is 133 Å². The van der Waals surface area contributed by atoms with E-state index < -0.39 is 0 Å². The highest BCUT2D eigenvalue weighted by Gasteiger charge is 2.52. The first kappa shape index (κ1) is 27.3. The number of rotatable bonds is 4. The Kier molecular flexibility index (Phi) is 5.86. The fraction of sp³-hybridized carbons (Fsp3) is 0.0870. The van der Waals surface area contributed by atoms with Crippen molar-refractivity contribution in [3.8, 4) is 22.3 Å². The molecule has 1 aliphatic heterocycles. The van der Waals surface area contributed by atoms with Crippen LogP contribution in [-0.4, -0.2) is 7.05 Å². The molecule has 0 fully saturated rings. The third-order valence-corrected chi connectivity index (χ3v) is 10.8. The lowest BCUT2D eigenvalue weighted by atomic mass is 9.70. The molecule has 2 nitrogen and oxygen atoms in total. The summed E-state index contributed by atoms with van der Waals surface area (Å²) < 4.78 is 0. The largest absolute Gasteiger partial charge is 0.370 e. The number of fused-ring (bicyclic) bond motifs is 12. The van der Waals surface area contributed by atoms with Crippen molar-refractivity contribution in [2.24, 2.45) is 0 Å². The highest BCUT2D eigenvalue weighted by molar-refractivity contribution is 5.98. The average molecular weight is 615 g/mol. The van der Waals surface area contributed by atoms with Crippen molar-refractivity contribution in [1.29, 1.82) is 0 Å². The van der Waals surface area contributed by atoms with Crippen LogP contribution in [0.4, 0.5) is 22.7 Å². The molecule has 228 valence electrons. The Hall–Kier alpha value is -5.86. The summed E-state index contributed by atoms with van der Waals surface area (Å²) in [6, 6.07) is 60.8. The van der Waals surface area contributed by atoms with Gasteiger partial charge < -0.3 is 9.80 Å². The zero-order valence-electron chi connectivity index (χ0n) is 26.9. The number of para-hydroxylation sites is 2. The second kappa shape index (κ2) is 10.3. The van der Waals surface area contributed by atoms with Crippen molar-refractivity contribution >= 4 is 22.7 Å². The van der Waals surface area contributed by atoms with E-state index in [1.165, 1.54) is 83.9 Å². The zero-order chi connectivity index (χ0) is 31.8. The van der Waals surface area contributed by atoms with Gasteiger partial charge in [0.05, 0.1) is 5.41 Å². The molecule has 0 aromatic heterocycles. The van der Waals surface area contributed by atoms with Crippen molar-refractivity contribution in [3.63, 3.8) is 0 Å². The lowest BCUT2D eigenvalue weighted by molar-refractivity contribution is 0.793. The van der Waals surface area contributed by atoms with Crippen LogP contribution in [0, 0.1) is 0 Å². The standard InChI is InChI=1S/C46H34N2/c1-47(30-31-14-12-17-34(28-31)48-42-25-10-2-15-32(42)29-33-16-3-11-26-43(33)48)44-27-13-24-41-45(44)37-20-6-9-23-40(37)46(41)38-21-7-4-18-35(38)36-19-5-8-22-39(36)46/h2-28H,29-30H2,1H3. The number of nitrogens with zero attached hydrogens (tertiary/aromatic N) is 2. The predicted octanol–water partition coefficient (Wildman–Crippen LogP) is 11.0. The van der Waals surface area contributed by atoms with Gasteiger partial charge in [0, 0.05) is 48.3 Å². The fourth-order valence-electron chi connectivity index (χ4n) is 8.97. The van der Waals surface area contributed by atoms with Crippen molar-refractivity contribution in [2.45, 2.75) is 18.4 Å². The van der Waals surface area contributed by atoms with Gasteiger partial charge >= 0.3 is 0 Å². The minimum atomic E-state index is -0.328. The first-order chi connectivity index (χ1) is 23.7. The molecule has 0 unspecified atom stereocenters. The maximum Gasteiger partial charge on any atom is 0.0726 e. The molecule has 48 heavy (non-hydrogen) atoms. The molecule has 7 aromatic carbocycles. The van der Waals surface area contributed by atoms with Gasteiger partial charge in [-0.2, -0.15) is 0 Å². The Balaban J connectivity index is 1.09. The minimum absolute atomic E-state index is 0.328. The van der Waals surface area contributed by atoms with Crippen LogP contribution in [0.3, 0.4) is 0 Å². The Morgan fingerprint density at radius 2 is 1.04 bits per heavy atom. The topological polar surface area (TPSA) is 6.48 Å². The molecule has 2 heteroatoms. The van der Waals surface area contributed by atoms with Crippen molar-refractivity contribution < 1.29 is 0 Å². The highest BCUT2D eigenvalue weighted by Crippen LogP contribution is 2.64. The van der Waals surface area contributed by atoms with Crippen LogP contribution >= 0.6 is 0 Å². The third kappa shape index (κ3) is 3.69. The van der Waals surface area contributed by atoms with Crippen LogP contribution in [0.1, 0.15) is 38.9 Å². The summed E-state index contributed by atoms with van der Waals surface area (Å²) in [4.78, 5) is 4.88. The Bertz CT molecular complexity index is 2310. The first-order valence-corrected chi connectivity index (χ1v) is 16.9. The van der Waals surface area contributed by atoms with E-state index in [-0.39, 0.29) is 5.41 Å². The summed E-state index contributed by atoms with van der Waals surface area (Å²) in [5.41, 5.74) is 19.5. The molecule has 0 amide bonds. The third-order valence-electron chi connectivity index (χ3n) is 10.8. The van der Waals surface area contributed by atoms with E-state index in [1.807, 2.05) is 0 Å². The molecule has 0 saturated heterocycles. The number of anilines is 4. The summed E-state index contributed by atoms with van der Waals surface area (Å²) in [5, 5.41) is 0. The van der Waals surface area contributed by atoms with Gasteiger partial charge in [-0.15, -0.1) is 0 Å². The monoisotopic (exact) mass is 614 g/mol. The number of benzene rings is 7. The van der Waals surface area contributed by atoms with E-state index in [0.717, 1.165) is 13.0 Å². The van der Waals surface area contributed by atoms with E-state index in [4.69, 9.17) is 0 Å². The fourth-order valence-corrected chi connectivity index (χ4v) is 8.97. The van der Waals surface area contributed by atoms with Crippen LogP contribution in [0.2, 0.25) is 0 Å². The Morgan fingerprint density at radius 1 is 0.521 bits per heavy atom. The van der Waals surface area contributed by atoms with E-state index in [2.05, 4.69) is 181 Å². The Labute approximate surface area is 282 Å². The van der Waals surface area contributed by atoms with Crippen LogP contribution in [0.15, 0.2) is 164 Å². The molecule has 0 radical (unpaired) electrons. The number of hydrogen-bond acceptors (Lipinski definition) is 2. The molecule has 7 aromatic rings. The SMILES string of the molecule is CN(Cc1cccc(N2c3ccccc3Cc3ccccc32)c1)c1cccc2c1-c1ccccc1C21c2ccccc2-c2ccccc21. The van der Waals surface area contributed by atoms with Gasteiger partial charge in [0.15, 0.2) is 0 Å². The molecular formula is C46H34N2. The second-order valence-corrected chi connectivity index (χ2v) is 13.4. The number of hydrogen-bond donors (Lipinski definition) is 0. The maximum absolute atomic E-state index is 2.44. The summed E-state index contributed by atoms with van der Waals surface area (Å²) in [6.07, 6.45) is 0.961. The van der Waals surface area contributed by atoms with Crippen molar-refractivity contribution in [3.05, 3.63) is 203 Å². The summed E-state index contributed by atoms with van der Waals surface area (Å²) >= 11 is 0. The van der Waals surface area contributed by atoms with E-state index in [9.17, 15) is 0 Å². The molecule has 0 N–H and O–H groups in total. The van der Waals surface area contributed by atoms with E-state index in [1.54, 1.807) is 0 Å². The summed E-state index contributed by atoms with van der Waals surface area (Å²) in [5.74, 6) is 0. The highest BCUT2D eigenvalue weighted by atomic mass is 15.2. The van der Waals surface area contributed by atoms with Gasteiger partial charge in [-0.3, -0.25) is 0 Å². The van der Waals surface area contributed by atoms with Crippen LogP contribution in [0.25, 0.3) is 22.3 Å². The molecule has 3 aliphatic rings. The van der Waals surface area contributed by atoms with E-state index in [0.29, 0.717) is 0 Å². The average Bonchev–Trinajstić information content (AvgIpc) is 3.61. The first-order valence-electron chi connectivity index (χ1n) is 16.9.